The first-order valence-corrected chi connectivity index (χ1v) is 7.26. The number of nitrogens with zero attached hydrogens (tertiary/aromatic N) is 1. The van der Waals surface area contributed by atoms with Gasteiger partial charge in [-0.1, -0.05) is 18.2 Å². The maximum atomic E-state index is 11.7. The molecule has 1 N–H and O–H groups in total. The summed E-state index contributed by atoms with van der Waals surface area (Å²) in [5.74, 6) is -0.551. The lowest BCUT2D eigenvalue weighted by molar-refractivity contribution is -0.146. The van der Waals surface area contributed by atoms with Crippen LogP contribution in [0.4, 0.5) is 4.79 Å². The predicted molar refractivity (Wildman–Crippen MR) is 82.7 cm³/mol. The minimum absolute atomic E-state index is 0.285. The van der Waals surface area contributed by atoms with Gasteiger partial charge in [0, 0.05) is 24.7 Å². The number of carbonyl (C=O) groups excluding carboxylic acids is 3. The molecule has 0 saturated carbocycles. The first-order chi connectivity index (χ1) is 11.1. The Morgan fingerprint density at radius 3 is 2.83 bits per heavy atom. The normalized spacial score (nSPS) is 14.0. The van der Waals surface area contributed by atoms with Gasteiger partial charge in [0.15, 0.2) is 6.61 Å². The van der Waals surface area contributed by atoms with Gasteiger partial charge in [-0.3, -0.25) is 9.69 Å². The molecule has 7 nitrogen and oxygen atoms in total. The van der Waals surface area contributed by atoms with E-state index in [1.165, 1.54) is 6.08 Å². The molecule has 1 aromatic rings. The Morgan fingerprint density at radius 2 is 2.13 bits per heavy atom. The quantitative estimate of drug-likeness (QED) is 0.629. The summed E-state index contributed by atoms with van der Waals surface area (Å²) in [7, 11) is 0. The fourth-order valence-electron chi connectivity index (χ4n) is 2.03. The predicted octanol–water partition coefficient (Wildman–Crippen LogP) is 1.19. The zero-order valence-corrected chi connectivity index (χ0v) is 12.8. The largest absolute Gasteiger partial charge is 0.493 e. The van der Waals surface area contributed by atoms with Crippen LogP contribution >= 0.6 is 0 Å². The Bertz CT molecular complexity index is 627. The van der Waals surface area contributed by atoms with E-state index >= 15 is 0 Å². The molecule has 7 heteroatoms. The second-order valence-electron chi connectivity index (χ2n) is 4.69. The molecule has 1 aliphatic rings. The molecule has 1 heterocycles. The van der Waals surface area contributed by atoms with Gasteiger partial charge in [-0.05, 0) is 19.1 Å². The van der Waals surface area contributed by atoms with E-state index in [0.29, 0.717) is 18.9 Å². The number of benzene rings is 1. The Hall–Kier alpha value is -2.83. The highest BCUT2D eigenvalue weighted by Gasteiger charge is 2.26. The van der Waals surface area contributed by atoms with Crippen LogP contribution in [0.15, 0.2) is 30.3 Å². The molecule has 0 bridgehead atoms. The molecule has 2 rings (SSSR count). The SMILES string of the molecule is CCOc1ccccc1/C=C/C(=O)OCC(=O)N1CCNC1=O. The van der Waals surface area contributed by atoms with Crippen molar-refractivity contribution in [3.63, 3.8) is 0 Å². The smallest absolute Gasteiger partial charge is 0.331 e. The lowest BCUT2D eigenvalue weighted by Gasteiger charge is -2.11. The average Bonchev–Trinajstić information content (AvgIpc) is 2.98. The van der Waals surface area contributed by atoms with E-state index in [1.54, 1.807) is 18.2 Å². The fourth-order valence-corrected chi connectivity index (χ4v) is 2.03. The third-order valence-corrected chi connectivity index (χ3v) is 3.11. The lowest BCUT2D eigenvalue weighted by atomic mass is 10.2. The van der Waals surface area contributed by atoms with E-state index in [4.69, 9.17) is 9.47 Å². The number of imide groups is 1. The van der Waals surface area contributed by atoms with E-state index in [9.17, 15) is 14.4 Å². The first kappa shape index (κ1) is 16.5. The number of ether oxygens (including phenoxy) is 2. The number of urea groups is 1. The summed E-state index contributed by atoms with van der Waals surface area (Å²) in [5, 5.41) is 2.50. The number of rotatable bonds is 6. The first-order valence-electron chi connectivity index (χ1n) is 7.26. The second-order valence-corrected chi connectivity index (χ2v) is 4.69. The van der Waals surface area contributed by atoms with Gasteiger partial charge in [0.1, 0.15) is 5.75 Å². The van der Waals surface area contributed by atoms with Crippen molar-refractivity contribution in [2.24, 2.45) is 0 Å². The monoisotopic (exact) mass is 318 g/mol. The zero-order chi connectivity index (χ0) is 16.7. The van der Waals surface area contributed by atoms with Crippen molar-refractivity contribution in [1.29, 1.82) is 0 Å². The summed E-state index contributed by atoms with van der Waals surface area (Å²) in [6.45, 7) is 2.61. The fraction of sp³-hybridized carbons (Fsp3) is 0.312. The molecule has 1 fully saturated rings. The Labute approximate surface area is 133 Å². The van der Waals surface area contributed by atoms with Crippen LogP contribution in [0.1, 0.15) is 12.5 Å². The van der Waals surface area contributed by atoms with Gasteiger partial charge in [0.05, 0.1) is 6.61 Å². The molecule has 0 aliphatic carbocycles. The van der Waals surface area contributed by atoms with Crippen LogP contribution in [0.25, 0.3) is 6.08 Å². The van der Waals surface area contributed by atoms with Gasteiger partial charge >= 0.3 is 12.0 Å². The molecule has 1 aromatic carbocycles. The van der Waals surface area contributed by atoms with Gasteiger partial charge in [-0.15, -0.1) is 0 Å². The number of para-hydroxylation sites is 1. The molecule has 0 aromatic heterocycles. The van der Waals surface area contributed by atoms with E-state index in [0.717, 1.165) is 10.5 Å². The summed E-state index contributed by atoms with van der Waals surface area (Å²) in [6, 6.07) is 6.79. The number of nitrogens with one attached hydrogen (secondary N) is 1. The second kappa shape index (κ2) is 7.98. The molecule has 0 spiro atoms. The minimum atomic E-state index is -0.663. The van der Waals surface area contributed by atoms with Crippen LogP contribution < -0.4 is 10.1 Å². The maximum Gasteiger partial charge on any atom is 0.331 e. The summed E-state index contributed by atoms with van der Waals surface area (Å²) in [4.78, 5) is 35.7. The van der Waals surface area contributed by atoms with Crippen LogP contribution in [-0.2, 0) is 14.3 Å². The average molecular weight is 318 g/mol. The molecule has 1 saturated heterocycles. The van der Waals surface area contributed by atoms with E-state index < -0.39 is 24.5 Å². The minimum Gasteiger partial charge on any atom is -0.493 e. The standard InChI is InChI=1S/C16H18N2O5/c1-2-22-13-6-4-3-5-12(13)7-8-15(20)23-11-14(19)18-10-9-17-16(18)21/h3-8H,2,9-11H2,1H3,(H,17,21)/b8-7+. The molecule has 122 valence electrons. The van der Waals surface area contributed by atoms with Gasteiger partial charge < -0.3 is 14.8 Å². The van der Waals surface area contributed by atoms with Crippen molar-refractivity contribution in [1.82, 2.24) is 10.2 Å². The van der Waals surface area contributed by atoms with Crippen molar-refractivity contribution in [2.45, 2.75) is 6.92 Å². The lowest BCUT2D eigenvalue weighted by Crippen LogP contribution is -2.37. The highest BCUT2D eigenvalue weighted by atomic mass is 16.5. The number of esters is 1. The molecule has 3 amide bonds. The summed E-state index contributed by atoms with van der Waals surface area (Å²) >= 11 is 0. The summed E-state index contributed by atoms with van der Waals surface area (Å²) in [6.07, 6.45) is 2.77. The Morgan fingerprint density at radius 1 is 1.35 bits per heavy atom. The molecule has 0 unspecified atom stereocenters. The number of amides is 3. The molecule has 23 heavy (non-hydrogen) atoms. The highest BCUT2D eigenvalue weighted by molar-refractivity contribution is 5.97. The van der Waals surface area contributed by atoms with Crippen molar-refractivity contribution < 1.29 is 23.9 Å². The van der Waals surface area contributed by atoms with Crippen molar-refractivity contribution in [3.05, 3.63) is 35.9 Å². The Balaban J connectivity index is 1.87. The van der Waals surface area contributed by atoms with Crippen molar-refractivity contribution in [2.75, 3.05) is 26.3 Å². The van der Waals surface area contributed by atoms with Crippen molar-refractivity contribution in [3.8, 4) is 5.75 Å². The number of hydrogen-bond acceptors (Lipinski definition) is 5. The molecule has 1 aliphatic heterocycles. The van der Waals surface area contributed by atoms with Crippen LogP contribution in [0.2, 0.25) is 0 Å². The maximum absolute atomic E-state index is 11.7. The van der Waals surface area contributed by atoms with E-state index in [-0.39, 0.29) is 6.54 Å². The van der Waals surface area contributed by atoms with Crippen molar-refractivity contribution >= 4 is 24.0 Å². The topological polar surface area (TPSA) is 84.9 Å². The van der Waals surface area contributed by atoms with E-state index in [2.05, 4.69) is 5.32 Å². The third-order valence-electron chi connectivity index (χ3n) is 3.11. The van der Waals surface area contributed by atoms with Gasteiger partial charge in [0.25, 0.3) is 5.91 Å². The van der Waals surface area contributed by atoms with Crippen LogP contribution in [0.3, 0.4) is 0 Å². The van der Waals surface area contributed by atoms with Crippen LogP contribution in [0, 0.1) is 0 Å². The number of hydrogen-bond donors (Lipinski definition) is 1. The number of carbonyl (C=O) groups is 3. The van der Waals surface area contributed by atoms with Crippen LogP contribution in [0.5, 0.6) is 5.75 Å². The molecular weight excluding hydrogens is 300 g/mol. The zero-order valence-electron chi connectivity index (χ0n) is 12.8. The van der Waals surface area contributed by atoms with Gasteiger partial charge in [-0.25, -0.2) is 9.59 Å². The molecular formula is C16H18N2O5. The molecule has 0 radical (unpaired) electrons. The summed E-state index contributed by atoms with van der Waals surface area (Å²) < 4.78 is 10.3. The third kappa shape index (κ3) is 4.57. The summed E-state index contributed by atoms with van der Waals surface area (Å²) in [5.41, 5.74) is 0.733. The highest BCUT2D eigenvalue weighted by Crippen LogP contribution is 2.19. The van der Waals surface area contributed by atoms with E-state index in [1.807, 2.05) is 19.1 Å². The van der Waals surface area contributed by atoms with Crippen LogP contribution in [-0.4, -0.2) is 49.1 Å². The molecule has 0 atom stereocenters. The Kier molecular flexibility index (Phi) is 5.74. The van der Waals surface area contributed by atoms with Gasteiger partial charge in [0.2, 0.25) is 0 Å². The van der Waals surface area contributed by atoms with Gasteiger partial charge in [-0.2, -0.15) is 0 Å².